The normalized spacial score (nSPS) is 20.0. The van der Waals surface area contributed by atoms with Crippen molar-refractivity contribution in [3.63, 3.8) is 0 Å². The van der Waals surface area contributed by atoms with Crippen molar-refractivity contribution >= 4 is 50.9 Å². The first-order chi connectivity index (χ1) is 8.06. The Morgan fingerprint density at radius 1 is 1.76 bits per heavy atom. The van der Waals surface area contributed by atoms with Gasteiger partial charge in [-0.05, 0) is 5.92 Å². The first-order valence-corrected chi connectivity index (χ1v) is 7.29. The zero-order valence-electron chi connectivity index (χ0n) is 9.18. The average Bonchev–Trinajstić information content (AvgIpc) is 2.82. The number of rotatable bonds is 3. The number of carbonyl (C=O) groups is 2. The monoisotopic (exact) mass is 290 g/mol. The maximum Gasteiger partial charge on any atom is 0.229 e. The zero-order valence-corrected chi connectivity index (χ0v) is 11.6. The Hall–Kier alpha value is -0.590. The highest BCUT2D eigenvalue weighted by Crippen LogP contribution is 2.32. The summed E-state index contributed by atoms with van der Waals surface area (Å²) in [5.41, 5.74) is 0. The van der Waals surface area contributed by atoms with E-state index in [1.165, 1.54) is 23.1 Å². The minimum absolute atomic E-state index is 0.0603. The number of halogens is 1. The van der Waals surface area contributed by atoms with Crippen LogP contribution in [0.15, 0.2) is 6.20 Å². The Balaban J connectivity index is 1.98. The predicted molar refractivity (Wildman–Crippen MR) is 70.7 cm³/mol. The first kappa shape index (κ1) is 12.9. The Kier molecular flexibility index (Phi) is 4.06. The number of nitrogens with zero attached hydrogens (tertiary/aromatic N) is 2. The molecule has 0 N–H and O–H groups in total. The van der Waals surface area contributed by atoms with Crippen molar-refractivity contribution in [1.82, 2.24) is 4.98 Å². The van der Waals surface area contributed by atoms with Crippen molar-refractivity contribution in [2.75, 3.05) is 17.2 Å². The van der Waals surface area contributed by atoms with Crippen LogP contribution in [0.25, 0.3) is 0 Å². The Labute approximate surface area is 112 Å². The van der Waals surface area contributed by atoms with Crippen molar-refractivity contribution in [3.8, 4) is 0 Å². The summed E-state index contributed by atoms with van der Waals surface area (Å²) in [7, 11) is 0. The van der Waals surface area contributed by atoms with E-state index in [1.54, 1.807) is 18.0 Å². The van der Waals surface area contributed by atoms with E-state index in [1.807, 2.05) is 0 Å². The summed E-state index contributed by atoms with van der Waals surface area (Å²) in [4.78, 5) is 28.4. The summed E-state index contributed by atoms with van der Waals surface area (Å²) in [6.45, 7) is 2.17. The SMILES string of the molecule is CC(=O)SCC1CC(=O)N(c2ncc(Cl)s2)C1. The molecule has 0 bridgehead atoms. The number of hydrogen-bond donors (Lipinski definition) is 0. The highest BCUT2D eigenvalue weighted by molar-refractivity contribution is 8.13. The standard InChI is InChI=1S/C10H11ClN2O2S2/c1-6(14)16-5-7-2-9(15)13(4-7)10-12-3-8(11)17-10/h3,7H,2,4-5H2,1H3. The third-order valence-corrected chi connectivity index (χ3v) is 4.61. The van der Waals surface area contributed by atoms with Gasteiger partial charge in [-0.2, -0.15) is 0 Å². The van der Waals surface area contributed by atoms with E-state index in [2.05, 4.69) is 4.98 Å². The number of amides is 1. The molecule has 7 heteroatoms. The molecule has 0 aliphatic carbocycles. The molecule has 4 nitrogen and oxygen atoms in total. The van der Waals surface area contributed by atoms with Gasteiger partial charge in [-0.15, -0.1) is 0 Å². The minimum Gasteiger partial charge on any atom is -0.288 e. The van der Waals surface area contributed by atoms with Crippen LogP contribution >= 0.6 is 34.7 Å². The Morgan fingerprint density at radius 3 is 3.12 bits per heavy atom. The molecule has 1 aromatic rings. The molecule has 17 heavy (non-hydrogen) atoms. The van der Waals surface area contributed by atoms with Crippen LogP contribution in [-0.2, 0) is 9.59 Å². The molecule has 0 saturated carbocycles. The molecule has 0 radical (unpaired) electrons. The second kappa shape index (κ2) is 5.37. The van der Waals surface area contributed by atoms with Gasteiger partial charge >= 0.3 is 0 Å². The highest BCUT2D eigenvalue weighted by Gasteiger charge is 2.32. The Morgan fingerprint density at radius 2 is 2.53 bits per heavy atom. The van der Waals surface area contributed by atoms with E-state index in [9.17, 15) is 9.59 Å². The first-order valence-electron chi connectivity index (χ1n) is 5.11. The van der Waals surface area contributed by atoms with Crippen molar-refractivity contribution in [2.45, 2.75) is 13.3 Å². The fraction of sp³-hybridized carbons (Fsp3) is 0.500. The number of aromatic nitrogens is 1. The second-order valence-electron chi connectivity index (χ2n) is 3.82. The predicted octanol–water partition coefficient (Wildman–Crippen LogP) is 2.43. The Bertz CT molecular complexity index is 449. The summed E-state index contributed by atoms with van der Waals surface area (Å²) in [6, 6.07) is 0. The molecular weight excluding hydrogens is 280 g/mol. The fourth-order valence-electron chi connectivity index (χ4n) is 1.68. The van der Waals surface area contributed by atoms with E-state index in [-0.39, 0.29) is 16.9 Å². The van der Waals surface area contributed by atoms with Gasteiger partial charge in [0.1, 0.15) is 4.34 Å². The molecule has 0 aromatic carbocycles. The summed E-state index contributed by atoms with van der Waals surface area (Å²) < 4.78 is 0.578. The van der Waals surface area contributed by atoms with Crippen LogP contribution in [0.4, 0.5) is 5.13 Å². The third-order valence-electron chi connectivity index (χ3n) is 2.42. The van der Waals surface area contributed by atoms with Crippen molar-refractivity contribution in [1.29, 1.82) is 0 Å². The van der Waals surface area contributed by atoms with E-state index < -0.39 is 0 Å². The van der Waals surface area contributed by atoms with Gasteiger partial charge in [0.2, 0.25) is 5.91 Å². The maximum atomic E-state index is 11.8. The minimum atomic E-state index is 0.0603. The van der Waals surface area contributed by atoms with Gasteiger partial charge in [-0.1, -0.05) is 34.7 Å². The lowest BCUT2D eigenvalue weighted by Gasteiger charge is -2.12. The maximum absolute atomic E-state index is 11.8. The van der Waals surface area contributed by atoms with Crippen LogP contribution in [0.1, 0.15) is 13.3 Å². The smallest absolute Gasteiger partial charge is 0.229 e. The molecule has 92 valence electrons. The van der Waals surface area contributed by atoms with Crippen LogP contribution in [0.2, 0.25) is 4.34 Å². The quantitative estimate of drug-likeness (QED) is 0.858. The topological polar surface area (TPSA) is 50.3 Å². The number of carbonyl (C=O) groups excluding carboxylic acids is 2. The van der Waals surface area contributed by atoms with Crippen LogP contribution in [0.3, 0.4) is 0 Å². The zero-order chi connectivity index (χ0) is 12.4. The van der Waals surface area contributed by atoms with Gasteiger partial charge in [0.05, 0.1) is 6.20 Å². The lowest BCUT2D eigenvalue weighted by atomic mass is 10.1. The van der Waals surface area contributed by atoms with Gasteiger partial charge < -0.3 is 0 Å². The van der Waals surface area contributed by atoms with Crippen LogP contribution < -0.4 is 4.90 Å². The molecule has 1 aliphatic rings. The van der Waals surface area contributed by atoms with Crippen LogP contribution in [0.5, 0.6) is 0 Å². The molecule has 0 spiro atoms. The van der Waals surface area contributed by atoms with Gasteiger partial charge in [0.25, 0.3) is 0 Å². The second-order valence-corrected chi connectivity index (χ2v) is 6.66. The van der Waals surface area contributed by atoms with Gasteiger partial charge in [-0.25, -0.2) is 4.98 Å². The van der Waals surface area contributed by atoms with Gasteiger partial charge in [0.15, 0.2) is 10.2 Å². The average molecular weight is 291 g/mol. The van der Waals surface area contributed by atoms with Gasteiger partial charge in [0, 0.05) is 25.6 Å². The number of thioether (sulfide) groups is 1. The largest absolute Gasteiger partial charge is 0.288 e. The van der Waals surface area contributed by atoms with Crippen molar-refractivity contribution in [2.24, 2.45) is 5.92 Å². The summed E-state index contributed by atoms with van der Waals surface area (Å²) in [5.74, 6) is 0.973. The molecule has 1 saturated heterocycles. The van der Waals surface area contributed by atoms with E-state index in [0.717, 1.165) is 0 Å². The highest BCUT2D eigenvalue weighted by atomic mass is 35.5. The number of anilines is 1. The molecule has 1 unspecified atom stereocenters. The fourth-order valence-corrected chi connectivity index (χ4v) is 3.31. The summed E-state index contributed by atoms with van der Waals surface area (Å²) in [6.07, 6.45) is 2.03. The van der Waals surface area contributed by atoms with Crippen LogP contribution in [0, 0.1) is 5.92 Å². The van der Waals surface area contributed by atoms with Crippen molar-refractivity contribution in [3.05, 3.63) is 10.5 Å². The van der Waals surface area contributed by atoms with E-state index in [0.29, 0.717) is 28.2 Å². The molecule has 1 aliphatic heterocycles. The molecular formula is C10H11ClN2O2S2. The molecule has 1 atom stereocenters. The molecule has 1 amide bonds. The lowest BCUT2D eigenvalue weighted by Crippen LogP contribution is -2.24. The lowest BCUT2D eigenvalue weighted by molar-refractivity contribution is -0.117. The third kappa shape index (κ3) is 3.20. The molecule has 1 aromatic heterocycles. The molecule has 2 rings (SSSR count). The molecule has 2 heterocycles. The van der Waals surface area contributed by atoms with Crippen molar-refractivity contribution < 1.29 is 9.59 Å². The number of thiazole rings is 1. The van der Waals surface area contributed by atoms with E-state index in [4.69, 9.17) is 11.6 Å². The van der Waals surface area contributed by atoms with Gasteiger partial charge in [-0.3, -0.25) is 14.5 Å². The van der Waals surface area contributed by atoms with E-state index >= 15 is 0 Å². The summed E-state index contributed by atoms with van der Waals surface area (Å²) >= 11 is 8.37. The van der Waals surface area contributed by atoms with Crippen LogP contribution in [-0.4, -0.2) is 28.3 Å². The number of hydrogen-bond acceptors (Lipinski definition) is 5. The summed E-state index contributed by atoms with van der Waals surface area (Å²) in [5, 5.41) is 0.739. The molecule has 1 fully saturated rings.